The number of carbonyl (C=O) groups is 1. The molecule has 0 aliphatic rings. The average molecular weight is 287 g/mol. The first-order chi connectivity index (χ1) is 10.1. The second-order valence-corrected chi connectivity index (χ2v) is 4.38. The van der Waals surface area contributed by atoms with E-state index in [2.05, 4.69) is 0 Å². The number of carbonyl (C=O) groups excluding carboxylic acids is 1. The average Bonchev–Trinajstić information content (AvgIpc) is 2.52. The zero-order valence-corrected chi connectivity index (χ0v) is 12.0. The number of esters is 1. The SMILES string of the molecule is COc1cccc(COC(=O)c2ccc(OC)cc2N)c1. The summed E-state index contributed by atoms with van der Waals surface area (Å²) in [5, 5.41) is 0. The highest BCUT2D eigenvalue weighted by atomic mass is 16.5. The lowest BCUT2D eigenvalue weighted by atomic mass is 10.1. The van der Waals surface area contributed by atoms with E-state index in [0.29, 0.717) is 22.7 Å². The second kappa shape index (κ2) is 6.65. The lowest BCUT2D eigenvalue weighted by Gasteiger charge is -2.09. The van der Waals surface area contributed by atoms with Crippen molar-refractivity contribution in [3.05, 3.63) is 53.6 Å². The quantitative estimate of drug-likeness (QED) is 0.676. The summed E-state index contributed by atoms with van der Waals surface area (Å²) in [6, 6.07) is 12.2. The Kier molecular flexibility index (Phi) is 4.66. The molecular formula is C16H17NO4. The summed E-state index contributed by atoms with van der Waals surface area (Å²) in [4.78, 5) is 12.0. The van der Waals surface area contributed by atoms with Gasteiger partial charge in [-0.15, -0.1) is 0 Å². The normalized spacial score (nSPS) is 10.0. The zero-order chi connectivity index (χ0) is 15.2. The first-order valence-electron chi connectivity index (χ1n) is 6.37. The van der Waals surface area contributed by atoms with Crippen LogP contribution in [0.2, 0.25) is 0 Å². The predicted octanol–water partition coefficient (Wildman–Crippen LogP) is 2.64. The summed E-state index contributed by atoms with van der Waals surface area (Å²) in [5.74, 6) is 0.835. The van der Waals surface area contributed by atoms with Gasteiger partial charge in [0, 0.05) is 11.8 Å². The summed E-state index contributed by atoms with van der Waals surface area (Å²) in [5.41, 5.74) is 7.30. The molecule has 5 heteroatoms. The van der Waals surface area contributed by atoms with Crippen molar-refractivity contribution in [1.82, 2.24) is 0 Å². The van der Waals surface area contributed by atoms with Crippen molar-refractivity contribution in [2.24, 2.45) is 0 Å². The molecule has 0 amide bonds. The number of benzene rings is 2. The molecule has 0 atom stereocenters. The zero-order valence-electron chi connectivity index (χ0n) is 12.0. The molecule has 0 aliphatic carbocycles. The van der Waals surface area contributed by atoms with E-state index in [1.54, 1.807) is 25.3 Å². The molecule has 0 unspecified atom stereocenters. The molecule has 0 saturated heterocycles. The standard InChI is InChI=1S/C16H17NO4/c1-19-12-5-3-4-11(8-12)10-21-16(18)14-7-6-13(20-2)9-15(14)17/h3-9H,10,17H2,1-2H3. The number of hydrogen-bond donors (Lipinski definition) is 1. The number of anilines is 1. The minimum Gasteiger partial charge on any atom is -0.497 e. The number of ether oxygens (including phenoxy) is 3. The van der Waals surface area contributed by atoms with E-state index in [1.165, 1.54) is 7.11 Å². The highest BCUT2D eigenvalue weighted by Crippen LogP contribution is 2.21. The largest absolute Gasteiger partial charge is 0.497 e. The minimum absolute atomic E-state index is 0.154. The van der Waals surface area contributed by atoms with Crippen LogP contribution in [0.4, 0.5) is 5.69 Å². The maximum absolute atomic E-state index is 12.0. The Bertz CT molecular complexity index is 640. The fourth-order valence-corrected chi connectivity index (χ4v) is 1.84. The van der Waals surface area contributed by atoms with Gasteiger partial charge in [-0.3, -0.25) is 0 Å². The Morgan fingerprint density at radius 3 is 2.43 bits per heavy atom. The fourth-order valence-electron chi connectivity index (χ4n) is 1.84. The molecule has 21 heavy (non-hydrogen) atoms. The highest BCUT2D eigenvalue weighted by molar-refractivity contribution is 5.95. The van der Waals surface area contributed by atoms with Crippen LogP contribution < -0.4 is 15.2 Å². The Hall–Kier alpha value is -2.69. The van der Waals surface area contributed by atoms with E-state index >= 15 is 0 Å². The van der Waals surface area contributed by atoms with Gasteiger partial charge in [0.15, 0.2) is 0 Å². The van der Waals surface area contributed by atoms with Crippen molar-refractivity contribution in [2.75, 3.05) is 20.0 Å². The van der Waals surface area contributed by atoms with Crippen LogP contribution in [0.25, 0.3) is 0 Å². The molecule has 0 aromatic heterocycles. The van der Waals surface area contributed by atoms with E-state index < -0.39 is 5.97 Å². The molecule has 0 heterocycles. The number of rotatable bonds is 5. The maximum atomic E-state index is 12.0. The lowest BCUT2D eigenvalue weighted by molar-refractivity contribution is 0.0473. The van der Waals surface area contributed by atoms with Gasteiger partial charge in [0.2, 0.25) is 0 Å². The number of hydrogen-bond acceptors (Lipinski definition) is 5. The van der Waals surface area contributed by atoms with Crippen LogP contribution >= 0.6 is 0 Å². The third-order valence-corrected chi connectivity index (χ3v) is 2.98. The first-order valence-corrected chi connectivity index (χ1v) is 6.37. The molecule has 2 aromatic carbocycles. The molecule has 2 rings (SSSR count). The van der Waals surface area contributed by atoms with E-state index in [0.717, 1.165) is 5.56 Å². The summed E-state index contributed by atoms with van der Waals surface area (Å²) < 4.78 is 15.4. The molecule has 5 nitrogen and oxygen atoms in total. The summed E-state index contributed by atoms with van der Waals surface area (Å²) in [6.45, 7) is 0.154. The second-order valence-electron chi connectivity index (χ2n) is 4.38. The topological polar surface area (TPSA) is 70.8 Å². The smallest absolute Gasteiger partial charge is 0.340 e. The molecule has 0 fully saturated rings. The molecule has 0 bridgehead atoms. The third-order valence-electron chi connectivity index (χ3n) is 2.98. The number of nitrogens with two attached hydrogens (primary N) is 1. The van der Waals surface area contributed by atoms with Crippen molar-refractivity contribution >= 4 is 11.7 Å². The molecule has 2 N–H and O–H groups in total. The van der Waals surface area contributed by atoms with Gasteiger partial charge in [-0.25, -0.2) is 4.79 Å². The Balaban J connectivity index is 2.04. The van der Waals surface area contributed by atoms with Gasteiger partial charge in [-0.05, 0) is 29.8 Å². The predicted molar refractivity (Wildman–Crippen MR) is 79.5 cm³/mol. The van der Waals surface area contributed by atoms with Crippen molar-refractivity contribution in [3.8, 4) is 11.5 Å². The fraction of sp³-hybridized carbons (Fsp3) is 0.188. The number of nitrogen functional groups attached to an aromatic ring is 1. The van der Waals surface area contributed by atoms with Crippen LogP contribution in [0.5, 0.6) is 11.5 Å². The molecular weight excluding hydrogens is 270 g/mol. The van der Waals surface area contributed by atoms with Crippen LogP contribution in [0.3, 0.4) is 0 Å². The van der Waals surface area contributed by atoms with E-state index in [4.69, 9.17) is 19.9 Å². The van der Waals surface area contributed by atoms with Gasteiger partial charge in [-0.2, -0.15) is 0 Å². The van der Waals surface area contributed by atoms with Crippen molar-refractivity contribution < 1.29 is 19.0 Å². The molecule has 0 radical (unpaired) electrons. The van der Waals surface area contributed by atoms with Crippen molar-refractivity contribution in [3.63, 3.8) is 0 Å². The third kappa shape index (κ3) is 3.66. The van der Waals surface area contributed by atoms with Crippen LogP contribution in [-0.4, -0.2) is 20.2 Å². The van der Waals surface area contributed by atoms with Gasteiger partial charge in [0.1, 0.15) is 18.1 Å². The monoisotopic (exact) mass is 287 g/mol. The van der Waals surface area contributed by atoms with Gasteiger partial charge in [0.25, 0.3) is 0 Å². The van der Waals surface area contributed by atoms with Gasteiger partial charge >= 0.3 is 5.97 Å². The maximum Gasteiger partial charge on any atom is 0.340 e. The Morgan fingerprint density at radius 1 is 1.05 bits per heavy atom. The summed E-state index contributed by atoms with van der Waals surface area (Å²) >= 11 is 0. The van der Waals surface area contributed by atoms with Crippen LogP contribution in [0.1, 0.15) is 15.9 Å². The van der Waals surface area contributed by atoms with E-state index in [1.807, 2.05) is 24.3 Å². The molecule has 2 aromatic rings. The lowest BCUT2D eigenvalue weighted by Crippen LogP contribution is -2.08. The van der Waals surface area contributed by atoms with Gasteiger partial charge in [0.05, 0.1) is 19.8 Å². The van der Waals surface area contributed by atoms with Crippen molar-refractivity contribution in [1.29, 1.82) is 0 Å². The van der Waals surface area contributed by atoms with E-state index in [-0.39, 0.29) is 6.61 Å². The minimum atomic E-state index is -0.474. The Labute approximate surface area is 123 Å². The molecule has 0 saturated carbocycles. The van der Waals surface area contributed by atoms with Gasteiger partial charge < -0.3 is 19.9 Å². The van der Waals surface area contributed by atoms with E-state index in [9.17, 15) is 4.79 Å². The number of methoxy groups -OCH3 is 2. The summed E-state index contributed by atoms with van der Waals surface area (Å²) in [7, 11) is 3.12. The van der Waals surface area contributed by atoms with Crippen LogP contribution in [-0.2, 0) is 11.3 Å². The summed E-state index contributed by atoms with van der Waals surface area (Å²) in [6.07, 6.45) is 0. The highest BCUT2D eigenvalue weighted by Gasteiger charge is 2.12. The van der Waals surface area contributed by atoms with Crippen molar-refractivity contribution in [2.45, 2.75) is 6.61 Å². The van der Waals surface area contributed by atoms with Crippen LogP contribution in [0, 0.1) is 0 Å². The molecule has 0 spiro atoms. The van der Waals surface area contributed by atoms with Crippen LogP contribution in [0.15, 0.2) is 42.5 Å². The molecule has 0 aliphatic heterocycles. The first kappa shape index (κ1) is 14.7. The molecule has 110 valence electrons. The Morgan fingerprint density at radius 2 is 1.76 bits per heavy atom. The van der Waals surface area contributed by atoms with Gasteiger partial charge in [-0.1, -0.05) is 12.1 Å².